The molecule has 0 unspecified atom stereocenters. The van der Waals surface area contributed by atoms with Crippen LogP contribution in [0.25, 0.3) is 5.82 Å². The largest absolute Gasteiger partial charge is 0.370 e. The Hall–Kier alpha value is -1.98. The van der Waals surface area contributed by atoms with E-state index in [9.17, 15) is 0 Å². The van der Waals surface area contributed by atoms with Gasteiger partial charge < -0.3 is 5.32 Å². The number of hydrogen-bond donors (Lipinski definition) is 1. The van der Waals surface area contributed by atoms with Crippen molar-refractivity contribution in [1.82, 2.24) is 24.7 Å². The van der Waals surface area contributed by atoms with Crippen LogP contribution < -0.4 is 5.32 Å². The SMILES string of the molecule is CCNc1ncnc(-n2nc(C)nc2C)c1CC. The zero-order valence-corrected chi connectivity index (χ0v) is 11.2. The summed E-state index contributed by atoms with van der Waals surface area (Å²) in [6, 6.07) is 0. The van der Waals surface area contributed by atoms with Gasteiger partial charge in [0.05, 0.1) is 0 Å². The van der Waals surface area contributed by atoms with Crippen molar-refractivity contribution in [2.24, 2.45) is 0 Å². The fourth-order valence-corrected chi connectivity index (χ4v) is 1.95. The molecule has 2 heterocycles. The van der Waals surface area contributed by atoms with E-state index >= 15 is 0 Å². The molecule has 0 atom stereocenters. The maximum absolute atomic E-state index is 4.38. The third-order valence-corrected chi connectivity index (χ3v) is 2.70. The summed E-state index contributed by atoms with van der Waals surface area (Å²) in [7, 11) is 0. The summed E-state index contributed by atoms with van der Waals surface area (Å²) in [6.45, 7) is 8.77. The number of aryl methyl sites for hydroxylation is 2. The highest BCUT2D eigenvalue weighted by molar-refractivity contribution is 5.51. The molecule has 0 radical (unpaired) electrons. The molecular formula is C12H18N6. The molecule has 0 saturated heterocycles. The van der Waals surface area contributed by atoms with Crippen molar-refractivity contribution in [3.05, 3.63) is 23.5 Å². The average Bonchev–Trinajstić information content (AvgIpc) is 2.68. The van der Waals surface area contributed by atoms with Gasteiger partial charge in [0.15, 0.2) is 5.82 Å². The van der Waals surface area contributed by atoms with Crippen LogP contribution in [0.4, 0.5) is 5.82 Å². The molecule has 1 N–H and O–H groups in total. The lowest BCUT2D eigenvalue weighted by atomic mass is 10.2. The molecule has 0 aromatic carbocycles. The Bertz CT molecular complexity index is 545. The first-order valence-electron chi connectivity index (χ1n) is 6.15. The number of nitrogens with one attached hydrogen (secondary N) is 1. The average molecular weight is 246 g/mol. The smallest absolute Gasteiger partial charge is 0.164 e. The summed E-state index contributed by atoms with van der Waals surface area (Å²) in [4.78, 5) is 12.9. The molecule has 0 saturated carbocycles. The van der Waals surface area contributed by atoms with Crippen molar-refractivity contribution in [3.8, 4) is 5.82 Å². The molecule has 0 bridgehead atoms. The van der Waals surface area contributed by atoms with Crippen LogP contribution in [0.3, 0.4) is 0 Å². The second-order valence-electron chi connectivity index (χ2n) is 4.03. The minimum atomic E-state index is 0.748. The first kappa shape index (κ1) is 12.5. The van der Waals surface area contributed by atoms with E-state index in [1.165, 1.54) is 0 Å². The van der Waals surface area contributed by atoms with Crippen molar-refractivity contribution >= 4 is 5.82 Å². The summed E-state index contributed by atoms with van der Waals surface area (Å²) in [5, 5.41) is 7.63. The molecule has 18 heavy (non-hydrogen) atoms. The van der Waals surface area contributed by atoms with E-state index < -0.39 is 0 Å². The number of nitrogens with zero attached hydrogens (tertiary/aromatic N) is 5. The minimum absolute atomic E-state index is 0.748. The molecule has 0 aliphatic carbocycles. The van der Waals surface area contributed by atoms with E-state index in [-0.39, 0.29) is 0 Å². The Morgan fingerprint density at radius 3 is 2.56 bits per heavy atom. The fraction of sp³-hybridized carbons (Fsp3) is 0.500. The first-order chi connectivity index (χ1) is 8.67. The number of hydrogen-bond acceptors (Lipinski definition) is 5. The third-order valence-electron chi connectivity index (χ3n) is 2.70. The summed E-state index contributed by atoms with van der Waals surface area (Å²) < 4.78 is 1.77. The molecule has 0 fully saturated rings. The highest BCUT2D eigenvalue weighted by atomic mass is 15.4. The second-order valence-corrected chi connectivity index (χ2v) is 4.03. The van der Waals surface area contributed by atoms with Gasteiger partial charge in [0.25, 0.3) is 0 Å². The van der Waals surface area contributed by atoms with Gasteiger partial charge in [-0.1, -0.05) is 6.92 Å². The Morgan fingerprint density at radius 2 is 2.00 bits per heavy atom. The number of aromatic nitrogens is 5. The third kappa shape index (κ3) is 2.18. The maximum atomic E-state index is 4.38. The van der Waals surface area contributed by atoms with Crippen LogP contribution in [-0.4, -0.2) is 31.3 Å². The predicted molar refractivity (Wildman–Crippen MR) is 70.0 cm³/mol. The molecule has 96 valence electrons. The molecule has 6 nitrogen and oxygen atoms in total. The molecule has 2 rings (SSSR count). The Morgan fingerprint density at radius 1 is 1.22 bits per heavy atom. The zero-order valence-electron chi connectivity index (χ0n) is 11.2. The van der Waals surface area contributed by atoms with Crippen molar-refractivity contribution in [3.63, 3.8) is 0 Å². The molecule has 0 aliphatic heterocycles. The summed E-state index contributed by atoms with van der Waals surface area (Å²) >= 11 is 0. The van der Waals surface area contributed by atoms with Gasteiger partial charge in [-0.25, -0.2) is 15.0 Å². The van der Waals surface area contributed by atoms with Crippen LogP contribution in [-0.2, 0) is 6.42 Å². The molecule has 0 spiro atoms. The van der Waals surface area contributed by atoms with Crippen LogP contribution in [0, 0.1) is 13.8 Å². The van der Waals surface area contributed by atoms with Gasteiger partial charge in [-0.15, -0.1) is 5.10 Å². The monoisotopic (exact) mass is 246 g/mol. The Kier molecular flexibility index (Phi) is 3.55. The van der Waals surface area contributed by atoms with E-state index in [2.05, 4.69) is 32.3 Å². The number of anilines is 1. The maximum Gasteiger partial charge on any atom is 0.164 e. The van der Waals surface area contributed by atoms with Crippen molar-refractivity contribution in [2.45, 2.75) is 34.1 Å². The van der Waals surface area contributed by atoms with E-state index in [0.29, 0.717) is 0 Å². The van der Waals surface area contributed by atoms with Gasteiger partial charge in [0, 0.05) is 12.1 Å². The summed E-state index contributed by atoms with van der Waals surface area (Å²) in [5.41, 5.74) is 1.06. The molecule has 6 heteroatoms. The van der Waals surface area contributed by atoms with Crippen LogP contribution in [0.2, 0.25) is 0 Å². The van der Waals surface area contributed by atoms with E-state index in [4.69, 9.17) is 0 Å². The van der Waals surface area contributed by atoms with Gasteiger partial charge in [-0.3, -0.25) is 0 Å². The molecule has 2 aromatic heterocycles. The number of rotatable bonds is 4. The standard InChI is InChI=1S/C12H18N6/c1-5-10-11(13-6-2)14-7-15-12(10)18-9(4)16-8(3)17-18/h7H,5-6H2,1-4H3,(H,13,14,15). The zero-order chi connectivity index (χ0) is 13.1. The van der Waals surface area contributed by atoms with Crippen LogP contribution in [0.1, 0.15) is 31.1 Å². The van der Waals surface area contributed by atoms with Crippen molar-refractivity contribution in [1.29, 1.82) is 0 Å². The van der Waals surface area contributed by atoms with Crippen LogP contribution >= 0.6 is 0 Å². The van der Waals surface area contributed by atoms with Crippen molar-refractivity contribution < 1.29 is 0 Å². The fourth-order valence-electron chi connectivity index (χ4n) is 1.95. The summed E-state index contributed by atoms with van der Waals surface area (Å²) in [6.07, 6.45) is 2.40. The van der Waals surface area contributed by atoms with E-state index in [0.717, 1.165) is 41.8 Å². The summed E-state index contributed by atoms with van der Waals surface area (Å²) in [5.74, 6) is 3.26. The topological polar surface area (TPSA) is 68.5 Å². The quantitative estimate of drug-likeness (QED) is 0.888. The second kappa shape index (κ2) is 5.12. The van der Waals surface area contributed by atoms with Gasteiger partial charge in [-0.2, -0.15) is 4.68 Å². The highest BCUT2D eigenvalue weighted by Gasteiger charge is 2.14. The van der Waals surface area contributed by atoms with E-state index in [1.807, 2.05) is 20.8 Å². The normalized spacial score (nSPS) is 10.7. The van der Waals surface area contributed by atoms with E-state index in [1.54, 1.807) is 11.0 Å². The van der Waals surface area contributed by atoms with Crippen LogP contribution in [0.15, 0.2) is 6.33 Å². The predicted octanol–water partition coefficient (Wildman–Crippen LogP) is 1.67. The molecule has 2 aromatic rings. The lowest BCUT2D eigenvalue weighted by molar-refractivity contribution is 0.782. The highest BCUT2D eigenvalue weighted by Crippen LogP contribution is 2.19. The minimum Gasteiger partial charge on any atom is -0.370 e. The van der Waals surface area contributed by atoms with Crippen molar-refractivity contribution in [2.75, 3.05) is 11.9 Å². The van der Waals surface area contributed by atoms with Gasteiger partial charge in [0.2, 0.25) is 0 Å². The molecule has 0 aliphatic rings. The van der Waals surface area contributed by atoms with Gasteiger partial charge >= 0.3 is 0 Å². The Balaban J connectivity index is 2.56. The lowest BCUT2D eigenvalue weighted by Gasteiger charge is -2.12. The van der Waals surface area contributed by atoms with Gasteiger partial charge in [0.1, 0.15) is 23.8 Å². The lowest BCUT2D eigenvalue weighted by Crippen LogP contribution is -2.11. The van der Waals surface area contributed by atoms with Gasteiger partial charge in [-0.05, 0) is 27.2 Å². The first-order valence-corrected chi connectivity index (χ1v) is 6.15. The molecule has 0 amide bonds. The Labute approximate surface area is 106 Å². The van der Waals surface area contributed by atoms with Crippen LogP contribution in [0.5, 0.6) is 0 Å². The molecular weight excluding hydrogens is 228 g/mol.